The number of ether oxygens (including phenoxy) is 3. The van der Waals surface area contributed by atoms with Crippen molar-refractivity contribution in [3.8, 4) is 11.5 Å². The van der Waals surface area contributed by atoms with Gasteiger partial charge in [0.25, 0.3) is 23.1 Å². The Morgan fingerprint density at radius 3 is 2.16 bits per heavy atom. The zero-order valence-corrected chi connectivity index (χ0v) is 22.7. The van der Waals surface area contributed by atoms with E-state index in [-0.39, 0.29) is 22.4 Å². The van der Waals surface area contributed by atoms with Crippen molar-refractivity contribution in [1.29, 1.82) is 0 Å². The molecule has 0 amide bonds. The first-order chi connectivity index (χ1) is 19.6. The van der Waals surface area contributed by atoms with Crippen molar-refractivity contribution in [1.82, 2.24) is 14.9 Å². The number of nitrogens with zero attached hydrogens (tertiary/aromatic N) is 3. The first-order valence-corrected chi connectivity index (χ1v) is 12.3. The number of halogens is 2. The molecule has 2 aliphatic heterocycles. The molecule has 19 nitrogen and oxygen atoms in total. The van der Waals surface area contributed by atoms with Gasteiger partial charge in [0.1, 0.15) is 18.0 Å². The number of hydrogen-bond donors (Lipinski definition) is 13. The highest BCUT2D eigenvalue weighted by molar-refractivity contribution is 9.10. The standard InChI is InChI=1S/C22H22BrFN4O15/c1-41-13-5-9-12(25-7-26-15(9)27-11-3-2-8(23)4-10(11)24)6-14(13)42-21(37,38)16(29)17(30,31)19(34,35)28-20(36,18(16,32)33)43-22(28,39)40/h2-7,29-40H,1H3,(H,25,26,27). The molecule has 0 radical (unpaired) electrons. The Morgan fingerprint density at radius 2 is 1.58 bits per heavy atom. The van der Waals surface area contributed by atoms with Crippen molar-refractivity contribution in [2.24, 2.45) is 0 Å². The molecule has 234 valence electrons. The third-order valence-corrected chi connectivity index (χ3v) is 7.44. The monoisotopic (exact) mass is 680 g/mol. The number of nitrogens with one attached hydrogen (secondary N) is 1. The summed E-state index contributed by atoms with van der Waals surface area (Å²) in [6.07, 6.45) is -3.07. The number of methoxy groups -OCH3 is 1. The maximum Gasteiger partial charge on any atom is 0.364 e. The van der Waals surface area contributed by atoms with Gasteiger partial charge in [-0.2, -0.15) is 0 Å². The average molecular weight is 681 g/mol. The van der Waals surface area contributed by atoms with Gasteiger partial charge in [-0.3, -0.25) is 4.74 Å². The number of rotatable bonds is 6. The third-order valence-electron chi connectivity index (χ3n) is 6.94. The van der Waals surface area contributed by atoms with Crippen LogP contribution in [0.4, 0.5) is 15.9 Å². The number of piperidine rings is 1. The number of benzene rings is 2. The van der Waals surface area contributed by atoms with Gasteiger partial charge in [0.15, 0.2) is 11.5 Å². The van der Waals surface area contributed by atoms with Crippen LogP contribution in [-0.4, -0.2) is 124 Å². The van der Waals surface area contributed by atoms with Crippen LogP contribution in [0, 0.1) is 5.82 Å². The summed E-state index contributed by atoms with van der Waals surface area (Å²) >= 11 is 3.12. The summed E-state index contributed by atoms with van der Waals surface area (Å²) in [5, 5.41) is 128. The molecule has 0 spiro atoms. The molecule has 2 aliphatic rings. The number of anilines is 2. The summed E-state index contributed by atoms with van der Waals surface area (Å²) in [4.78, 5) is 6.91. The molecule has 43 heavy (non-hydrogen) atoms. The van der Waals surface area contributed by atoms with E-state index in [1.807, 2.05) is 0 Å². The van der Waals surface area contributed by atoms with E-state index in [0.29, 0.717) is 4.47 Å². The van der Waals surface area contributed by atoms with Crippen molar-refractivity contribution in [3.05, 3.63) is 46.9 Å². The summed E-state index contributed by atoms with van der Waals surface area (Å²) in [5.41, 5.74) is -5.20. The maximum absolute atomic E-state index is 14.4. The topological polar surface area (TPSA) is 312 Å². The lowest BCUT2D eigenvalue weighted by Crippen LogP contribution is -3.04. The Kier molecular flexibility index (Phi) is 6.78. The molecular weight excluding hydrogens is 659 g/mol. The molecule has 2 atom stereocenters. The molecule has 0 saturated carbocycles. The molecule has 13 N–H and O–H groups in total. The van der Waals surface area contributed by atoms with Crippen LogP contribution in [-0.2, 0) is 4.74 Å². The Morgan fingerprint density at radius 1 is 0.930 bits per heavy atom. The largest absolute Gasteiger partial charge is 0.493 e. The van der Waals surface area contributed by atoms with E-state index >= 15 is 0 Å². The van der Waals surface area contributed by atoms with E-state index in [4.69, 9.17) is 9.47 Å². The fraction of sp³-hybridized carbons (Fsp3) is 0.364. The lowest BCUT2D eigenvalue weighted by atomic mass is 9.71. The maximum atomic E-state index is 14.4. The van der Waals surface area contributed by atoms with E-state index < -0.39 is 63.3 Å². The van der Waals surface area contributed by atoms with Crippen LogP contribution in [0.15, 0.2) is 41.1 Å². The van der Waals surface area contributed by atoms with Crippen LogP contribution in [0.2, 0.25) is 0 Å². The minimum atomic E-state index is -5.06. The first-order valence-electron chi connectivity index (χ1n) is 11.5. The summed E-state index contributed by atoms with van der Waals surface area (Å²) in [7, 11) is 1.02. The quantitative estimate of drug-likeness (QED) is 0.109. The molecule has 2 unspecified atom stereocenters. The zero-order valence-electron chi connectivity index (χ0n) is 21.2. The number of hydrogen-bond acceptors (Lipinski definition) is 19. The Labute approximate surface area is 245 Å². The van der Waals surface area contributed by atoms with Gasteiger partial charge in [-0.05, 0) is 24.3 Å². The second kappa shape index (κ2) is 9.27. The number of aliphatic hydroxyl groups is 12. The summed E-state index contributed by atoms with van der Waals surface area (Å²) in [6.45, 7) is 0. The van der Waals surface area contributed by atoms with Crippen molar-refractivity contribution in [2.45, 2.75) is 41.1 Å². The number of fused-ring (bicyclic) bond motifs is 2. The van der Waals surface area contributed by atoms with Gasteiger partial charge in [-0.15, -0.1) is 4.90 Å². The molecule has 5 rings (SSSR count). The summed E-state index contributed by atoms with van der Waals surface area (Å²) in [6, 6.07) is 6.02. The Hall–Kier alpha value is -2.97. The fourth-order valence-corrected chi connectivity index (χ4v) is 5.10. The summed E-state index contributed by atoms with van der Waals surface area (Å²) in [5.74, 6) is -25.8. The molecule has 1 aromatic heterocycles. The highest BCUT2D eigenvalue weighted by Crippen LogP contribution is 2.61. The van der Waals surface area contributed by atoms with Crippen molar-refractivity contribution in [2.75, 3.05) is 12.4 Å². The van der Waals surface area contributed by atoms with Crippen molar-refractivity contribution >= 4 is 38.3 Å². The minimum absolute atomic E-state index is 0.0120. The normalized spacial score (nSPS) is 27.2. The van der Waals surface area contributed by atoms with Gasteiger partial charge in [-0.1, -0.05) is 15.9 Å². The molecule has 0 bridgehead atoms. The van der Waals surface area contributed by atoms with E-state index in [1.54, 1.807) is 0 Å². The van der Waals surface area contributed by atoms with E-state index in [2.05, 4.69) is 36.0 Å². The molecule has 3 heterocycles. The Balaban J connectivity index is 1.59. The highest BCUT2D eigenvalue weighted by Gasteiger charge is 2.97. The van der Waals surface area contributed by atoms with Crippen molar-refractivity contribution < 1.29 is 79.9 Å². The van der Waals surface area contributed by atoms with Crippen LogP contribution >= 0.6 is 15.9 Å². The smallest absolute Gasteiger partial charge is 0.364 e. The predicted octanol–water partition coefficient (Wildman–Crippen LogP) is -4.38. The van der Waals surface area contributed by atoms with E-state index in [0.717, 1.165) is 25.6 Å². The van der Waals surface area contributed by atoms with Crippen LogP contribution in [0.5, 0.6) is 11.5 Å². The summed E-state index contributed by atoms with van der Waals surface area (Å²) < 4.78 is 28.8. The zero-order chi connectivity index (χ0) is 32.2. The van der Waals surface area contributed by atoms with Crippen LogP contribution in [0.25, 0.3) is 10.9 Å². The Bertz CT molecular complexity index is 1600. The van der Waals surface area contributed by atoms with Gasteiger partial charge in [-0.25, -0.2) is 14.4 Å². The van der Waals surface area contributed by atoms with E-state index in [9.17, 15) is 65.7 Å². The SMILES string of the molecule is COc1cc2c(Nc3ccc(Br)cc3F)ncnc2cc1OC(O)(O)C1(O)C(O)(O)C(O)(O)N2C(O)(O)OC2(O)C1(O)O. The van der Waals surface area contributed by atoms with Gasteiger partial charge >= 0.3 is 18.0 Å². The molecule has 0 aliphatic carbocycles. The predicted molar refractivity (Wildman–Crippen MR) is 133 cm³/mol. The van der Waals surface area contributed by atoms with Gasteiger partial charge < -0.3 is 76.1 Å². The fourth-order valence-electron chi connectivity index (χ4n) is 4.76. The molecule has 3 aromatic rings. The minimum Gasteiger partial charge on any atom is -0.493 e. The molecule has 2 aromatic carbocycles. The molecule has 2 fully saturated rings. The van der Waals surface area contributed by atoms with Crippen LogP contribution in [0.1, 0.15) is 0 Å². The average Bonchev–Trinajstić information content (AvgIpc) is 2.87. The van der Waals surface area contributed by atoms with Crippen molar-refractivity contribution in [3.63, 3.8) is 0 Å². The lowest BCUT2D eigenvalue weighted by molar-refractivity contribution is -0.746. The second-order valence-electron chi connectivity index (χ2n) is 9.51. The van der Waals surface area contributed by atoms with E-state index in [1.165, 1.54) is 18.2 Å². The molecule has 21 heteroatoms. The van der Waals surface area contributed by atoms with Gasteiger partial charge in [0.05, 0.1) is 18.3 Å². The molecule has 2 saturated heterocycles. The number of aromatic nitrogens is 2. The molecular formula is C22H22BrFN4O15. The van der Waals surface area contributed by atoms with Crippen LogP contribution in [0.3, 0.4) is 0 Å². The lowest BCUT2D eigenvalue weighted by Gasteiger charge is -2.70. The first kappa shape index (κ1) is 31.5. The van der Waals surface area contributed by atoms with Gasteiger partial charge in [0.2, 0.25) is 0 Å². The van der Waals surface area contributed by atoms with Gasteiger partial charge in [0, 0.05) is 15.9 Å². The third kappa shape index (κ3) is 3.98. The van der Waals surface area contributed by atoms with Crippen LogP contribution < -0.4 is 14.8 Å². The second-order valence-corrected chi connectivity index (χ2v) is 10.4. The highest BCUT2D eigenvalue weighted by atomic mass is 79.9.